The van der Waals surface area contributed by atoms with Crippen molar-refractivity contribution in [3.05, 3.63) is 71.8 Å². The summed E-state index contributed by atoms with van der Waals surface area (Å²) in [5.74, 6) is -1.04. The molecule has 0 aliphatic rings. The number of hydrogen-bond donors (Lipinski definition) is 0. The summed E-state index contributed by atoms with van der Waals surface area (Å²) in [6, 6.07) is 18.4. The van der Waals surface area contributed by atoms with E-state index in [0.29, 0.717) is 0 Å². The third-order valence-corrected chi connectivity index (χ3v) is 2.61. The molecule has 0 aromatic heterocycles. The van der Waals surface area contributed by atoms with E-state index >= 15 is 0 Å². The highest BCUT2D eigenvalue weighted by Gasteiger charge is 2.11. The number of esters is 2. The van der Waals surface area contributed by atoms with E-state index in [0.717, 1.165) is 11.1 Å². The minimum atomic E-state index is -0.521. The highest BCUT2D eigenvalue weighted by atomic mass is 16.6. The Labute approximate surface area is 111 Å². The summed E-state index contributed by atoms with van der Waals surface area (Å²) in [4.78, 5) is 23.1. The minimum Gasteiger partial charge on any atom is -0.393 e. The van der Waals surface area contributed by atoms with E-state index in [1.54, 1.807) is 0 Å². The average molecular weight is 254 g/mol. The number of carbonyl (C=O) groups excluding carboxylic acids is 2. The lowest BCUT2D eigenvalue weighted by Gasteiger charge is -2.03. The molecule has 0 radical (unpaired) electrons. The standard InChI is InChI=1S/C16H14O3/c17-15(11-13-7-3-1-4-8-13)19-16(18)12-14-9-5-2-6-10-14/h1-10H,11-12H2. The summed E-state index contributed by atoms with van der Waals surface area (Å²) in [5.41, 5.74) is 1.67. The van der Waals surface area contributed by atoms with Crippen LogP contribution in [-0.4, -0.2) is 11.9 Å². The Bertz CT molecular complexity index is 495. The molecule has 2 aromatic rings. The molecule has 96 valence electrons. The molecule has 0 aliphatic carbocycles. The lowest BCUT2D eigenvalue weighted by atomic mass is 10.1. The zero-order chi connectivity index (χ0) is 13.5. The van der Waals surface area contributed by atoms with Crippen LogP contribution in [0, 0.1) is 0 Å². The number of rotatable bonds is 4. The van der Waals surface area contributed by atoms with Crippen LogP contribution in [0.1, 0.15) is 11.1 Å². The predicted octanol–water partition coefficient (Wildman–Crippen LogP) is 2.54. The van der Waals surface area contributed by atoms with E-state index < -0.39 is 11.9 Å². The van der Waals surface area contributed by atoms with E-state index in [1.807, 2.05) is 60.7 Å². The van der Waals surface area contributed by atoms with E-state index in [4.69, 9.17) is 4.74 Å². The summed E-state index contributed by atoms with van der Waals surface area (Å²) >= 11 is 0. The first-order valence-electron chi connectivity index (χ1n) is 6.05. The van der Waals surface area contributed by atoms with Crippen molar-refractivity contribution in [2.24, 2.45) is 0 Å². The molecule has 0 bridgehead atoms. The molecule has 0 heterocycles. The summed E-state index contributed by atoms with van der Waals surface area (Å²) in [6.07, 6.45) is 0.225. The molecular formula is C16H14O3. The molecule has 19 heavy (non-hydrogen) atoms. The van der Waals surface area contributed by atoms with Crippen molar-refractivity contribution >= 4 is 11.9 Å². The van der Waals surface area contributed by atoms with Gasteiger partial charge in [-0.2, -0.15) is 0 Å². The van der Waals surface area contributed by atoms with Gasteiger partial charge in [-0.05, 0) is 11.1 Å². The molecule has 0 aliphatic heterocycles. The van der Waals surface area contributed by atoms with Gasteiger partial charge >= 0.3 is 11.9 Å². The third kappa shape index (κ3) is 4.39. The summed E-state index contributed by atoms with van der Waals surface area (Å²) in [7, 11) is 0. The van der Waals surface area contributed by atoms with Crippen molar-refractivity contribution < 1.29 is 14.3 Å². The first-order valence-corrected chi connectivity index (χ1v) is 6.05. The Hall–Kier alpha value is -2.42. The highest BCUT2D eigenvalue weighted by molar-refractivity contribution is 5.87. The molecule has 0 atom stereocenters. The van der Waals surface area contributed by atoms with Crippen molar-refractivity contribution in [1.29, 1.82) is 0 Å². The van der Waals surface area contributed by atoms with E-state index in [1.165, 1.54) is 0 Å². The Kier molecular flexibility index (Phi) is 4.45. The van der Waals surface area contributed by atoms with Crippen LogP contribution in [0.2, 0.25) is 0 Å². The Balaban J connectivity index is 1.84. The summed E-state index contributed by atoms with van der Waals surface area (Å²) in [5, 5.41) is 0. The van der Waals surface area contributed by atoms with E-state index in [2.05, 4.69) is 0 Å². The molecule has 0 spiro atoms. The van der Waals surface area contributed by atoms with Gasteiger partial charge in [0.25, 0.3) is 0 Å². The van der Waals surface area contributed by atoms with Gasteiger partial charge in [0.05, 0.1) is 12.8 Å². The first-order chi connectivity index (χ1) is 9.24. The largest absolute Gasteiger partial charge is 0.393 e. The monoisotopic (exact) mass is 254 g/mol. The van der Waals surface area contributed by atoms with E-state index in [9.17, 15) is 9.59 Å². The average Bonchev–Trinajstić information content (AvgIpc) is 2.40. The molecule has 0 saturated carbocycles. The molecule has 0 N–H and O–H groups in total. The maximum Gasteiger partial charge on any atom is 0.317 e. The SMILES string of the molecule is O=C(Cc1ccccc1)OC(=O)Cc1ccccc1. The Morgan fingerprint density at radius 1 is 0.684 bits per heavy atom. The highest BCUT2D eigenvalue weighted by Crippen LogP contribution is 2.04. The number of benzene rings is 2. The van der Waals surface area contributed by atoms with Crippen LogP contribution in [0.4, 0.5) is 0 Å². The second kappa shape index (κ2) is 6.50. The van der Waals surface area contributed by atoms with Crippen LogP contribution in [0.5, 0.6) is 0 Å². The second-order valence-corrected chi connectivity index (χ2v) is 4.17. The van der Waals surface area contributed by atoms with Crippen molar-refractivity contribution in [2.75, 3.05) is 0 Å². The molecule has 0 fully saturated rings. The molecule has 0 unspecified atom stereocenters. The first kappa shape index (κ1) is 13.0. The predicted molar refractivity (Wildman–Crippen MR) is 71.4 cm³/mol. The quantitative estimate of drug-likeness (QED) is 0.622. The van der Waals surface area contributed by atoms with Gasteiger partial charge in [0.1, 0.15) is 0 Å². The van der Waals surface area contributed by atoms with Crippen LogP contribution in [-0.2, 0) is 27.2 Å². The second-order valence-electron chi connectivity index (χ2n) is 4.17. The van der Waals surface area contributed by atoms with Crippen molar-refractivity contribution in [3.8, 4) is 0 Å². The van der Waals surface area contributed by atoms with Crippen molar-refractivity contribution in [2.45, 2.75) is 12.8 Å². The molecule has 2 rings (SSSR count). The van der Waals surface area contributed by atoms with Gasteiger partial charge in [-0.3, -0.25) is 9.59 Å². The molecule has 0 amide bonds. The Morgan fingerprint density at radius 3 is 1.42 bits per heavy atom. The smallest absolute Gasteiger partial charge is 0.317 e. The summed E-state index contributed by atoms with van der Waals surface area (Å²) in [6.45, 7) is 0. The van der Waals surface area contributed by atoms with Crippen LogP contribution in [0.25, 0.3) is 0 Å². The van der Waals surface area contributed by atoms with Crippen molar-refractivity contribution in [1.82, 2.24) is 0 Å². The van der Waals surface area contributed by atoms with Crippen LogP contribution in [0.3, 0.4) is 0 Å². The van der Waals surface area contributed by atoms with Crippen LogP contribution in [0.15, 0.2) is 60.7 Å². The maximum atomic E-state index is 11.6. The zero-order valence-corrected chi connectivity index (χ0v) is 10.4. The zero-order valence-electron chi connectivity index (χ0n) is 10.4. The van der Waals surface area contributed by atoms with Gasteiger partial charge in [0.2, 0.25) is 0 Å². The number of ether oxygens (including phenoxy) is 1. The van der Waals surface area contributed by atoms with E-state index in [-0.39, 0.29) is 12.8 Å². The normalized spacial score (nSPS) is 9.89. The lowest BCUT2D eigenvalue weighted by molar-refractivity contribution is -0.158. The number of hydrogen-bond acceptors (Lipinski definition) is 3. The van der Waals surface area contributed by atoms with Gasteiger partial charge in [0.15, 0.2) is 0 Å². The van der Waals surface area contributed by atoms with Gasteiger partial charge in [0, 0.05) is 0 Å². The van der Waals surface area contributed by atoms with Crippen LogP contribution >= 0.6 is 0 Å². The topological polar surface area (TPSA) is 43.4 Å². The molecule has 3 heteroatoms. The molecular weight excluding hydrogens is 240 g/mol. The molecule has 2 aromatic carbocycles. The van der Waals surface area contributed by atoms with Gasteiger partial charge < -0.3 is 4.74 Å². The molecule has 3 nitrogen and oxygen atoms in total. The minimum absolute atomic E-state index is 0.112. The number of carbonyl (C=O) groups is 2. The van der Waals surface area contributed by atoms with Crippen molar-refractivity contribution in [3.63, 3.8) is 0 Å². The Morgan fingerprint density at radius 2 is 1.05 bits per heavy atom. The lowest BCUT2D eigenvalue weighted by Crippen LogP contribution is -2.16. The van der Waals surface area contributed by atoms with Gasteiger partial charge in [-0.1, -0.05) is 60.7 Å². The van der Waals surface area contributed by atoms with Gasteiger partial charge in [-0.25, -0.2) is 0 Å². The van der Waals surface area contributed by atoms with Crippen LogP contribution < -0.4 is 0 Å². The maximum absolute atomic E-state index is 11.6. The fourth-order valence-electron chi connectivity index (χ4n) is 1.72. The fourth-order valence-corrected chi connectivity index (χ4v) is 1.72. The third-order valence-electron chi connectivity index (χ3n) is 2.61. The fraction of sp³-hybridized carbons (Fsp3) is 0.125. The van der Waals surface area contributed by atoms with Gasteiger partial charge in [-0.15, -0.1) is 0 Å². The molecule has 0 saturated heterocycles. The summed E-state index contributed by atoms with van der Waals surface area (Å²) < 4.78 is 4.78.